The first kappa shape index (κ1) is 18.2. The van der Waals surface area contributed by atoms with Gasteiger partial charge in [0, 0.05) is 22.8 Å². The van der Waals surface area contributed by atoms with Crippen LogP contribution in [0.25, 0.3) is 0 Å². The lowest BCUT2D eigenvalue weighted by molar-refractivity contribution is -0.143. The highest BCUT2D eigenvalue weighted by atomic mass is 16.1. The van der Waals surface area contributed by atoms with Gasteiger partial charge in [0.15, 0.2) is 5.78 Å². The lowest BCUT2D eigenvalue weighted by atomic mass is 9.61. The number of carbonyl (C=O) groups excluding carboxylic acids is 2. The highest BCUT2D eigenvalue weighted by Gasteiger charge is 2.47. The Balaban J connectivity index is 2.18. The van der Waals surface area contributed by atoms with Gasteiger partial charge >= 0.3 is 0 Å². The van der Waals surface area contributed by atoms with E-state index in [-0.39, 0.29) is 23.0 Å². The van der Waals surface area contributed by atoms with Gasteiger partial charge in [-0.05, 0) is 31.1 Å². The molecule has 0 amide bonds. The second-order valence-electron chi connectivity index (χ2n) is 8.85. The van der Waals surface area contributed by atoms with E-state index in [9.17, 15) is 9.59 Å². The van der Waals surface area contributed by atoms with Gasteiger partial charge in [0.25, 0.3) is 0 Å². The van der Waals surface area contributed by atoms with Crippen LogP contribution < -0.4 is 0 Å². The van der Waals surface area contributed by atoms with Crippen LogP contribution in [0.3, 0.4) is 0 Å². The molecule has 0 heterocycles. The number of allylic oxidation sites excluding steroid dienone is 4. The van der Waals surface area contributed by atoms with Gasteiger partial charge < -0.3 is 0 Å². The summed E-state index contributed by atoms with van der Waals surface area (Å²) in [7, 11) is 0. The standard InChI is InChI=1S/C21H32O2/c1-7-8-14-10-12-17(21(5,6)19(14)23)18(22)15-9-11-16(13-15)20(2,3)4/h9,13-14,17H,7-8,10-12H2,1-6H3. The predicted molar refractivity (Wildman–Crippen MR) is 95.2 cm³/mol. The van der Waals surface area contributed by atoms with Crippen LogP contribution in [0.4, 0.5) is 0 Å². The third-order valence-electron chi connectivity index (χ3n) is 5.75. The highest BCUT2D eigenvalue weighted by molar-refractivity contribution is 6.04. The molecule has 2 nitrogen and oxygen atoms in total. The minimum absolute atomic E-state index is 0.0999. The normalized spacial score (nSPS) is 27.7. The third kappa shape index (κ3) is 3.51. The first-order valence-electron chi connectivity index (χ1n) is 9.08. The lowest BCUT2D eigenvalue weighted by Crippen LogP contribution is -2.45. The second kappa shape index (κ2) is 6.37. The maximum atomic E-state index is 13.0. The van der Waals surface area contributed by atoms with Crippen molar-refractivity contribution in [2.45, 2.75) is 73.6 Å². The van der Waals surface area contributed by atoms with E-state index >= 15 is 0 Å². The van der Waals surface area contributed by atoms with E-state index in [4.69, 9.17) is 0 Å². The quantitative estimate of drug-likeness (QED) is 0.707. The van der Waals surface area contributed by atoms with Crippen molar-refractivity contribution < 1.29 is 9.59 Å². The molecule has 2 atom stereocenters. The predicted octanol–water partition coefficient (Wildman–Crippen LogP) is 5.28. The average Bonchev–Trinajstić information content (AvgIpc) is 2.93. The molecule has 23 heavy (non-hydrogen) atoms. The number of hydrogen-bond acceptors (Lipinski definition) is 2. The zero-order valence-corrected chi connectivity index (χ0v) is 15.7. The second-order valence-corrected chi connectivity index (χ2v) is 8.85. The fourth-order valence-corrected chi connectivity index (χ4v) is 4.06. The van der Waals surface area contributed by atoms with Crippen molar-refractivity contribution in [1.29, 1.82) is 0 Å². The molecule has 1 fully saturated rings. The minimum atomic E-state index is -0.533. The molecule has 0 spiro atoms. The molecular formula is C21H32O2. The summed E-state index contributed by atoms with van der Waals surface area (Å²) in [5, 5.41) is 0. The van der Waals surface area contributed by atoms with Crippen molar-refractivity contribution in [2.75, 3.05) is 0 Å². The fraction of sp³-hybridized carbons (Fsp3) is 0.714. The molecule has 2 unspecified atom stereocenters. The monoisotopic (exact) mass is 316 g/mol. The Hall–Kier alpha value is -1.18. The molecule has 0 aromatic carbocycles. The Morgan fingerprint density at radius 2 is 1.91 bits per heavy atom. The first-order valence-corrected chi connectivity index (χ1v) is 9.08. The maximum Gasteiger partial charge on any atom is 0.166 e. The Bertz CT molecular complexity index is 555. The van der Waals surface area contributed by atoms with Crippen molar-refractivity contribution >= 4 is 11.6 Å². The van der Waals surface area contributed by atoms with Crippen LogP contribution in [-0.2, 0) is 9.59 Å². The summed E-state index contributed by atoms with van der Waals surface area (Å²) in [6, 6.07) is 0. The molecule has 2 aliphatic rings. The molecule has 2 heteroatoms. The number of Topliss-reactive ketones (excluding diaryl/α,β-unsaturated/α-hetero) is 2. The SMILES string of the molecule is CCCC1CCC(C(=O)C2=CCC(C(C)(C)C)=C2)C(C)(C)C1=O. The van der Waals surface area contributed by atoms with Crippen LogP contribution in [-0.4, -0.2) is 11.6 Å². The van der Waals surface area contributed by atoms with Gasteiger partial charge in [-0.25, -0.2) is 0 Å². The largest absolute Gasteiger partial charge is 0.299 e. The topological polar surface area (TPSA) is 34.1 Å². The number of hydrogen-bond donors (Lipinski definition) is 0. The van der Waals surface area contributed by atoms with Gasteiger partial charge in [0.1, 0.15) is 5.78 Å². The van der Waals surface area contributed by atoms with Crippen LogP contribution in [0.2, 0.25) is 0 Å². The van der Waals surface area contributed by atoms with E-state index in [0.29, 0.717) is 5.78 Å². The molecule has 0 N–H and O–H groups in total. The van der Waals surface area contributed by atoms with Gasteiger partial charge in [-0.3, -0.25) is 9.59 Å². The van der Waals surface area contributed by atoms with E-state index in [1.807, 2.05) is 13.8 Å². The molecule has 0 aliphatic heterocycles. The van der Waals surface area contributed by atoms with E-state index in [1.54, 1.807) is 0 Å². The average molecular weight is 316 g/mol. The van der Waals surface area contributed by atoms with Crippen LogP contribution in [0.5, 0.6) is 0 Å². The van der Waals surface area contributed by atoms with E-state index < -0.39 is 5.41 Å². The molecule has 0 aromatic heterocycles. The molecule has 0 aromatic rings. The zero-order valence-electron chi connectivity index (χ0n) is 15.7. The van der Waals surface area contributed by atoms with Crippen molar-refractivity contribution in [3.05, 3.63) is 23.3 Å². The fourth-order valence-electron chi connectivity index (χ4n) is 4.06. The molecule has 2 aliphatic carbocycles. The van der Waals surface area contributed by atoms with Gasteiger partial charge in [-0.1, -0.05) is 65.7 Å². The first-order chi connectivity index (χ1) is 10.6. The van der Waals surface area contributed by atoms with Crippen LogP contribution in [0.15, 0.2) is 23.3 Å². The Kier molecular flexibility index (Phi) is 5.03. The Labute approximate surface area is 141 Å². The number of carbonyl (C=O) groups is 2. The third-order valence-corrected chi connectivity index (χ3v) is 5.75. The summed E-state index contributed by atoms with van der Waals surface area (Å²) < 4.78 is 0. The van der Waals surface area contributed by atoms with E-state index in [2.05, 4.69) is 39.8 Å². The van der Waals surface area contributed by atoms with Crippen molar-refractivity contribution in [1.82, 2.24) is 0 Å². The van der Waals surface area contributed by atoms with Crippen LogP contribution in [0.1, 0.15) is 73.6 Å². The molecule has 0 bridgehead atoms. The van der Waals surface area contributed by atoms with Gasteiger partial charge in [-0.2, -0.15) is 0 Å². The molecular weight excluding hydrogens is 284 g/mol. The van der Waals surface area contributed by atoms with Gasteiger partial charge in [-0.15, -0.1) is 0 Å². The number of ketones is 2. The minimum Gasteiger partial charge on any atom is -0.299 e. The highest BCUT2D eigenvalue weighted by Crippen LogP contribution is 2.44. The molecule has 1 saturated carbocycles. The van der Waals surface area contributed by atoms with E-state index in [0.717, 1.165) is 37.7 Å². The summed E-state index contributed by atoms with van der Waals surface area (Å²) in [6.45, 7) is 12.6. The zero-order chi connectivity index (χ0) is 17.4. The van der Waals surface area contributed by atoms with Crippen molar-refractivity contribution in [2.24, 2.45) is 22.7 Å². The van der Waals surface area contributed by atoms with Gasteiger partial charge in [0.05, 0.1) is 0 Å². The maximum absolute atomic E-state index is 13.0. The smallest absolute Gasteiger partial charge is 0.166 e. The molecule has 2 rings (SSSR count). The summed E-state index contributed by atoms with van der Waals surface area (Å²) in [5.74, 6) is 0.460. The van der Waals surface area contributed by atoms with Gasteiger partial charge in [0.2, 0.25) is 0 Å². The lowest BCUT2D eigenvalue weighted by Gasteiger charge is -2.40. The molecule has 0 saturated heterocycles. The Morgan fingerprint density at radius 3 is 2.43 bits per heavy atom. The van der Waals surface area contributed by atoms with E-state index in [1.165, 1.54) is 5.57 Å². The van der Waals surface area contributed by atoms with Crippen molar-refractivity contribution in [3.8, 4) is 0 Å². The summed E-state index contributed by atoms with van der Waals surface area (Å²) in [4.78, 5) is 25.8. The van der Waals surface area contributed by atoms with Crippen molar-refractivity contribution in [3.63, 3.8) is 0 Å². The molecule has 128 valence electrons. The summed E-state index contributed by atoms with van der Waals surface area (Å²) in [5.41, 5.74) is 1.70. The number of rotatable bonds is 4. The summed E-state index contributed by atoms with van der Waals surface area (Å²) in [6.07, 6.45) is 8.70. The Morgan fingerprint density at radius 1 is 1.26 bits per heavy atom. The van der Waals surface area contributed by atoms with Crippen LogP contribution in [0, 0.1) is 22.7 Å². The summed E-state index contributed by atoms with van der Waals surface area (Å²) >= 11 is 0. The van der Waals surface area contributed by atoms with Crippen LogP contribution >= 0.6 is 0 Å². The molecule has 0 radical (unpaired) electrons.